The maximum Gasteiger partial charge on any atom is 0.355 e. The Labute approximate surface area is 210 Å². The Morgan fingerprint density at radius 3 is 2.38 bits per heavy atom. The molecule has 188 valence electrons. The van der Waals surface area contributed by atoms with Gasteiger partial charge in [0.15, 0.2) is 17.3 Å². The van der Waals surface area contributed by atoms with Gasteiger partial charge in [-0.3, -0.25) is 4.79 Å². The zero-order chi connectivity index (χ0) is 26.3. The van der Waals surface area contributed by atoms with Crippen LogP contribution in [-0.4, -0.2) is 47.4 Å². The summed E-state index contributed by atoms with van der Waals surface area (Å²) < 4.78 is 21.7. The van der Waals surface area contributed by atoms with Crippen LogP contribution in [-0.2, 0) is 4.74 Å². The van der Waals surface area contributed by atoms with Crippen LogP contribution in [0, 0.1) is 6.92 Å². The van der Waals surface area contributed by atoms with E-state index in [1.807, 2.05) is 30.3 Å². The Morgan fingerprint density at radius 2 is 1.70 bits per heavy atom. The fourth-order valence-corrected chi connectivity index (χ4v) is 4.26. The minimum atomic E-state index is -0.617. The van der Waals surface area contributed by atoms with Gasteiger partial charge in [-0.1, -0.05) is 30.3 Å². The third-order valence-electron chi connectivity index (χ3n) is 5.95. The van der Waals surface area contributed by atoms with Crippen molar-refractivity contribution in [2.24, 2.45) is 0 Å². The van der Waals surface area contributed by atoms with Gasteiger partial charge in [-0.25, -0.2) is 9.78 Å². The van der Waals surface area contributed by atoms with E-state index in [1.165, 1.54) is 27.4 Å². The summed E-state index contributed by atoms with van der Waals surface area (Å²) in [6.07, 6.45) is 0. The van der Waals surface area contributed by atoms with Crippen molar-refractivity contribution in [3.8, 4) is 51.3 Å². The molecule has 0 atom stereocenters. The molecule has 0 unspecified atom stereocenters. The number of imidazole rings is 1. The summed E-state index contributed by atoms with van der Waals surface area (Å²) in [4.78, 5) is 36.2. The van der Waals surface area contributed by atoms with Crippen LogP contribution in [0.1, 0.15) is 16.2 Å². The minimum absolute atomic E-state index is 0.0682. The highest BCUT2D eigenvalue weighted by molar-refractivity contribution is 6.08. The molecule has 0 spiro atoms. The van der Waals surface area contributed by atoms with Crippen molar-refractivity contribution in [3.05, 3.63) is 70.2 Å². The van der Waals surface area contributed by atoms with E-state index in [9.17, 15) is 14.7 Å². The number of hydrogen-bond acceptors (Lipinski definition) is 8. The zero-order valence-electron chi connectivity index (χ0n) is 20.5. The Kier molecular flexibility index (Phi) is 5.92. The Bertz CT molecular complexity index is 1700. The number of carbonyl (C=O) groups is 1. The van der Waals surface area contributed by atoms with Gasteiger partial charge in [-0.15, -0.1) is 0 Å². The molecule has 3 aromatic heterocycles. The van der Waals surface area contributed by atoms with Crippen LogP contribution in [0.5, 0.6) is 17.2 Å². The van der Waals surface area contributed by atoms with Gasteiger partial charge in [-0.2, -0.15) is 0 Å². The molecule has 0 amide bonds. The summed E-state index contributed by atoms with van der Waals surface area (Å²) >= 11 is 0. The molecule has 3 N–H and O–H groups in total. The third kappa shape index (κ3) is 3.98. The number of nitrogens with zero attached hydrogens (tertiary/aromatic N) is 1. The van der Waals surface area contributed by atoms with E-state index in [4.69, 9.17) is 23.6 Å². The van der Waals surface area contributed by atoms with Gasteiger partial charge in [0, 0.05) is 23.1 Å². The van der Waals surface area contributed by atoms with Gasteiger partial charge < -0.3 is 33.7 Å². The lowest BCUT2D eigenvalue weighted by atomic mass is 10.1. The summed E-state index contributed by atoms with van der Waals surface area (Å²) in [6, 6.07) is 13.8. The first-order valence-electron chi connectivity index (χ1n) is 11.2. The largest absolute Gasteiger partial charge is 0.501 e. The fraction of sp³-hybridized carbons (Fsp3) is 0.148. The molecule has 5 rings (SSSR count). The molecular weight excluding hydrogens is 478 g/mol. The second-order valence-electron chi connectivity index (χ2n) is 8.19. The minimum Gasteiger partial charge on any atom is -0.501 e. The molecule has 0 saturated carbocycles. The van der Waals surface area contributed by atoms with Crippen molar-refractivity contribution in [1.29, 1.82) is 0 Å². The van der Waals surface area contributed by atoms with Crippen molar-refractivity contribution in [1.82, 2.24) is 15.0 Å². The molecule has 5 aromatic rings. The quantitative estimate of drug-likeness (QED) is 0.285. The number of benzene rings is 2. The van der Waals surface area contributed by atoms with E-state index in [0.717, 1.165) is 0 Å². The van der Waals surface area contributed by atoms with Crippen molar-refractivity contribution < 1.29 is 28.5 Å². The van der Waals surface area contributed by atoms with Crippen molar-refractivity contribution in [2.75, 3.05) is 21.3 Å². The number of aromatic nitrogens is 3. The number of aromatic hydroxyl groups is 1. The van der Waals surface area contributed by atoms with Crippen molar-refractivity contribution in [3.63, 3.8) is 0 Å². The maximum absolute atomic E-state index is 12.8. The number of aromatic amines is 2. The van der Waals surface area contributed by atoms with E-state index in [2.05, 4.69) is 9.97 Å². The lowest BCUT2D eigenvalue weighted by Crippen LogP contribution is -2.03. The third-order valence-corrected chi connectivity index (χ3v) is 5.95. The number of methoxy groups -OCH3 is 3. The van der Waals surface area contributed by atoms with Crippen LogP contribution in [0.15, 0.2) is 57.7 Å². The van der Waals surface area contributed by atoms with Gasteiger partial charge in [-0.05, 0) is 13.0 Å². The first-order valence-corrected chi connectivity index (χ1v) is 11.2. The summed E-state index contributed by atoms with van der Waals surface area (Å²) in [5.74, 6) is 0.259. The van der Waals surface area contributed by atoms with Crippen molar-refractivity contribution >= 4 is 16.9 Å². The topological polar surface area (TPSA) is 140 Å². The van der Waals surface area contributed by atoms with Gasteiger partial charge >= 0.3 is 5.97 Å². The highest BCUT2D eigenvalue weighted by atomic mass is 16.5. The second kappa shape index (κ2) is 9.23. The van der Waals surface area contributed by atoms with E-state index < -0.39 is 17.1 Å². The van der Waals surface area contributed by atoms with Crippen LogP contribution in [0.25, 0.3) is 45.0 Å². The van der Waals surface area contributed by atoms with Crippen LogP contribution >= 0.6 is 0 Å². The highest BCUT2D eigenvalue weighted by Crippen LogP contribution is 2.42. The SMILES string of the molecule is COC(=O)c1[nH]c2cc(OC)c(OC)cc2c1-c1nc(-c2ccccc2)c(-c2oc(C)cc(=O)c2O)[nH]1. The molecule has 0 aliphatic heterocycles. The van der Waals surface area contributed by atoms with Crippen molar-refractivity contribution in [2.45, 2.75) is 6.92 Å². The normalized spacial score (nSPS) is 11.0. The smallest absolute Gasteiger partial charge is 0.355 e. The number of fused-ring (bicyclic) bond motifs is 1. The fourth-order valence-electron chi connectivity index (χ4n) is 4.26. The molecular formula is C27H23N3O7. The number of carbonyl (C=O) groups excluding carboxylic acids is 1. The molecule has 10 heteroatoms. The lowest BCUT2D eigenvalue weighted by molar-refractivity contribution is 0.0596. The average molecular weight is 501 g/mol. The molecule has 0 aliphatic carbocycles. The van der Waals surface area contributed by atoms with Crippen LogP contribution in [0.2, 0.25) is 0 Å². The number of ether oxygens (including phenoxy) is 3. The van der Waals surface area contributed by atoms with Crippen LogP contribution in [0.4, 0.5) is 0 Å². The Hall–Kier alpha value is -4.99. The first-order chi connectivity index (χ1) is 17.9. The van der Waals surface area contributed by atoms with E-state index in [0.29, 0.717) is 45.0 Å². The maximum atomic E-state index is 12.8. The number of aryl methyl sites for hydroxylation is 1. The number of H-pyrrole nitrogens is 2. The van der Waals surface area contributed by atoms with E-state index >= 15 is 0 Å². The molecule has 2 aromatic carbocycles. The number of esters is 1. The number of hydrogen-bond donors (Lipinski definition) is 3. The van der Waals surface area contributed by atoms with Crippen LogP contribution in [0.3, 0.4) is 0 Å². The number of nitrogens with one attached hydrogen (secondary N) is 2. The highest BCUT2D eigenvalue weighted by Gasteiger charge is 2.27. The second-order valence-corrected chi connectivity index (χ2v) is 8.19. The molecule has 10 nitrogen and oxygen atoms in total. The lowest BCUT2D eigenvalue weighted by Gasteiger charge is -2.07. The Balaban J connectivity index is 1.86. The first kappa shape index (κ1) is 23.7. The van der Waals surface area contributed by atoms with Gasteiger partial charge in [0.2, 0.25) is 11.2 Å². The predicted molar refractivity (Wildman–Crippen MR) is 136 cm³/mol. The standard InChI is InChI=1S/C27H23N3O7/c1-13-10-17(31)24(32)25(37-13)23-21(14-8-6-5-7-9-14)29-26(30-23)20-15-11-18(34-2)19(35-3)12-16(15)28-22(20)27(33)36-4/h5-12,28,32H,1-4H3,(H,29,30). The molecule has 0 fully saturated rings. The molecule has 0 aliphatic rings. The molecule has 0 radical (unpaired) electrons. The van der Waals surface area contributed by atoms with Gasteiger partial charge in [0.1, 0.15) is 28.7 Å². The van der Waals surface area contributed by atoms with Gasteiger partial charge in [0.25, 0.3) is 0 Å². The summed E-state index contributed by atoms with van der Waals surface area (Å²) in [7, 11) is 4.31. The monoisotopic (exact) mass is 501 g/mol. The van der Waals surface area contributed by atoms with E-state index in [-0.39, 0.29) is 23.0 Å². The average Bonchev–Trinajstić information content (AvgIpc) is 3.51. The number of rotatable bonds is 6. The summed E-state index contributed by atoms with van der Waals surface area (Å²) in [6.45, 7) is 1.61. The summed E-state index contributed by atoms with van der Waals surface area (Å²) in [5, 5.41) is 11.2. The van der Waals surface area contributed by atoms with Gasteiger partial charge in [0.05, 0.1) is 32.4 Å². The predicted octanol–water partition coefficient (Wildman–Crippen LogP) is 4.66. The molecule has 37 heavy (non-hydrogen) atoms. The molecule has 0 bridgehead atoms. The van der Waals surface area contributed by atoms with Crippen LogP contribution < -0.4 is 14.9 Å². The zero-order valence-corrected chi connectivity index (χ0v) is 20.5. The Morgan fingerprint density at radius 1 is 1.00 bits per heavy atom. The van der Waals surface area contributed by atoms with E-state index in [1.54, 1.807) is 19.1 Å². The molecule has 3 heterocycles. The molecule has 0 saturated heterocycles. The summed E-state index contributed by atoms with van der Waals surface area (Å²) in [5.41, 5.74) is 1.91.